The highest BCUT2D eigenvalue weighted by molar-refractivity contribution is 5.39. The summed E-state index contributed by atoms with van der Waals surface area (Å²) in [4.78, 5) is 0. The molecule has 1 aromatic rings. The lowest BCUT2D eigenvalue weighted by Crippen LogP contribution is -2.15. The summed E-state index contributed by atoms with van der Waals surface area (Å²) in [5.41, 5.74) is -0.128. The first-order valence-corrected chi connectivity index (χ1v) is 5.19. The summed E-state index contributed by atoms with van der Waals surface area (Å²) in [6.45, 7) is 5.24. The maximum absolute atomic E-state index is 12.7. The van der Waals surface area contributed by atoms with E-state index in [1.165, 1.54) is 6.07 Å². The van der Waals surface area contributed by atoms with Crippen LogP contribution >= 0.6 is 0 Å². The smallest absolute Gasteiger partial charge is 0.419 e. The number of rotatable bonds is 3. The van der Waals surface area contributed by atoms with Gasteiger partial charge in [0, 0.05) is 0 Å². The zero-order valence-electron chi connectivity index (χ0n) is 9.56. The van der Waals surface area contributed by atoms with E-state index in [2.05, 4.69) is 0 Å². The van der Waals surface area contributed by atoms with Gasteiger partial charge < -0.3 is 4.74 Å². The number of ether oxygens (including phenoxy) is 1. The minimum absolute atomic E-state index is 0.0903. The van der Waals surface area contributed by atoms with Crippen molar-refractivity contribution in [2.75, 3.05) is 0 Å². The summed E-state index contributed by atoms with van der Waals surface area (Å²) in [6, 6.07) is 4.11. The minimum atomic E-state index is -4.37. The third kappa shape index (κ3) is 3.15. The lowest BCUT2D eigenvalue weighted by Gasteiger charge is -2.18. The average Bonchev–Trinajstić information content (AvgIpc) is 2.19. The van der Waals surface area contributed by atoms with Gasteiger partial charge in [-0.3, -0.25) is 0 Å². The molecular formula is C12H15F3O. The number of alkyl halides is 3. The number of aryl methyl sites for hydroxylation is 1. The van der Waals surface area contributed by atoms with E-state index >= 15 is 0 Å². The molecule has 0 aromatic heterocycles. The fraction of sp³-hybridized carbons (Fsp3) is 0.500. The van der Waals surface area contributed by atoms with Crippen molar-refractivity contribution in [3.8, 4) is 5.75 Å². The van der Waals surface area contributed by atoms with Crippen molar-refractivity contribution in [3.05, 3.63) is 29.3 Å². The third-order valence-corrected chi connectivity index (χ3v) is 2.34. The van der Waals surface area contributed by atoms with Gasteiger partial charge in [-0.1, -0.05) is 18.6 Å². The number of hydrogen-bond donors (Lipinski definition) is 0. The summed E-state index contributed by atoms with van der Waals surface area (Å²) in [5, 5.41) is 0. The van der Waals surface area contributed by atoms with Gasteiger partial charge in [0.15, 0.2) is 0 Å². The quantitative estimate of drug-likeness (QED) is 0.759. The molecule has 1 aromatic carbocycles. The van der Waals surface area contributed by atoms with Gasteiger partial charge in [0.1, 0.15) is 5.75 Å². The average molecular weight is 232 g/mol. The molecule has 1 nitrogen and oxygen atoms in total. The van der Waals surface area contributed by atoms with Gasteiger partial charge in [0.05, 0.1) is 11.7 Å². The van der Waals surface area contributed by atoms with Crippen molar-refractivity contribution in [3.63, 3.8) is 0 Å². The van der Waals surface area contributed by atoms with Gasteiger partial charge >= 0.3 is 6.18 Å². The van der Waals surface area contributed by atoms with Crippen LogP contribution in [0.5, 0.6) is 5.75 Å². The molecule has 0 aliphatic carbocycles. The Morgan fingerprint density at radius 3 is 2.44 bits per heavy atom. The molecule has 1 rings (SSSR count). The first-order chi connectivity index (χ1) is 7.34. The third-order valence-electron chi connectivity index (χ3n) is 2.34. The summed E-state index contributed by atoms with van der Waals surface area (Å²) < 4.78 is 43.4. The first-order valence-electron chi connectivity index (χ1n) is 5.19. The van der Waals surface area contributed by atoms with E-state index in [4.69, 9.17) is 4.74 Å². The molecule has 0 aliphatic heterocycles. The number of hydrogen-bond acceptors (Lipinski definition) is 1. The van der Waals surface area contributed by atoms with Crippen molar-refractivity contribution in [2.45, 2.75) is 39.5 Å². The van der Waals surface area contributed by atoms with Crippen LogP contribution in [-0.4, -0.2) is 6.10 Å². The molecule has 90 valence electrons. The highest BCUT2D eigenvalue weighted by Crippen LogP contribution is 2.37. The topological polar surface area (TPSA) is 9.23 Å². The predicted molar refractivity (Wildman–Crippen MR) is 56.6 cm³/mol. The largest absolute Gasteiger partial charge is 0.490 e. The van der Waals surface area contributed by atoms with Gasteiger partial charge in [-0.15, -0.1) is 0 Å². The van der Waals surface area contributed by atoms with Crippen LogP contribution in [0.4, 0.5) is 13.2 Å². The first kappa shape index (κ1) is 12.9. The molecule has 0 heterocycles. The van der Waals surface area contributed by atoms with Crippen molar-refractivity contribution in [2.24, 2.45) is 0 Å². The lowest BCUT2D eigenvalue weighted by molar-refractivity contribution is -0.139. The molecule has 1 atom stereocenters. The standard InChI is InChI=1S/C12H15F3O/c1-4-9(3)16-11-6-5-8(2)7-10(11)12(13,14)15/h5-7,9H,4H2,1-3H3/t9-/m0/s1. The van der Waals surface area contributed by atoms with Crippen LogP contribution in [0.25, 0.3) is 0 Å². The molecule has 0 aliphatic rings. The normalized spacial score (nSPS) is 13.6. The maximum Gasteiger partial charge on any atom is 0.419 e. The molecular weight excluding hydrogens is 217 g/mol. The van der Waals surface area contributed by atoms with Gasteiger partial charge in [-0.2, -0.15) is 13.2 Å². The predicted octanol–water partition coefficient (Wildman–Crippen LogP) is 4.19. The number of halogens is 3. The van der Waals surface area contributed by atoms with Crippen LogP contribution in [0.3, 0.4) is 0 Å². The fourth-order valence-electron chi connectivity index (χ4n) is 1.27. The Kier molecular flexibility index (Phi) is 3.83. The second-order valence-electron chi connectivity index (χ2n) is 3.83. The van der Waals surface area contributed by atoms with Crippen LogP contribution in [-0.2, 0) is 6.18 Å². The van der Waals surface area contributed by atoms with Crippen LogP contribution in [0.15, 0.2) is 18.2 Å². The van der Waals surface area contributed by atoms with E-state index in [-0.39, 0.29) is 11.9 Å². The van der Waals surface area contributed by atoms with Gasteiger partial charge in [-0.05, 0) is 32.4 Å². The second kappa shape index (κ2) is 4.76. The molecule has 0 bridgehead atoms. The Morgan fingerprint density at radius 2 is 1.94 bits per heavy atom. The molecule has 0 saturated heterocycles. The Bertz CT molecular complexity index is 358. The summed E-state index contributed by atoms with van der Waals surface area (Å²) in [7, 11) is 0. The van der Waals surface area contributed by atoms with E-state index < -0.39 is 11.7 Å². The van der Waals surface area contributed by atoms with E-state index in [0.29, 0.717) is 12.0 Å². The molecule has 0 fully saturated rings. The van der Waals surface area contributed by atoms with Crippen molar-refractivity contribution >= 4 is 0 Å². The molecule has 0 N–H and O–H groups in total. The zero-order chi connectivity index (χ0) is 12.3. The second-order valence-corrected chi connectivity index (χ2v) is 3.83. The van der Waals surface area contributed by atoms with Crippen LogP contribution in [0.1, 0.15) is 31.4 Å². The van der Waals surface area contributed by atoms with E-state index in [0.717, 1.165) is 6.07 Å². The molecule has 0 radical (unpaired) electrons. The Labute approximate surface area is 93.2 Å². The molecule has 0 saturated carbocycles. The van der Waals surface area contributed by atoms with Gasteiger partial charge in [0.25, 0.3) is 0 Å². The summed E-state index contributed by atoms with van der Waals surface area (Å²) >= 11 is 0. The van der Waals surface area contributed by atoms with E-state index in [1.54, 1.807) is 19.9 Å². The lowest BCUT2D eigenvalue weighted by atomic mass is 10.1. The van der Waals surface area contributed by atoms with Crippen molar-refractivity contribution < 1.29 is 17.9 Å². The van der Waals surface area contributed by atoms with Crippen LogP contribution in [0, 0.1) is 6.92 Å². The Morgan fingerprint density at radius 1 is 1.31 bits per heavy atom. The van der Waals surface area contributed by atoms with E-state index in [9.17, 15) is 13.2 Å². The highest BCUT2D eigenvalue weighted by atomic mass is 19.4. The molecule has 0 spiro atoms. The SMILES string of the molecule is CC[C@H](C)Oc1ccc(C)cc1C(F)(F)F. The van der Waals surface area contributed by atoms with Gasteiger partial charge in [-0.25, -0.2) is 0 Å². The maximum atomic E-state index is 12.7. The molecule has 0 amide bonds. The van der Waals surface area contributed by atoms with E-state index in [1.807, 2.05) is 6.92 Å². The van der Waals surface area contributed by atoms with Crippen LogP contribution < -0.4 is 4.74 Å². The fourth-order valence-corrected chi connectivity index (χ4v) is 1.27. The zero-order valence-corrected chi connectivity index (χ0v) is 9.56. The Balaban J connectivity index is 3.08. The highest BCUT2D eigenvalue weighted by Gasteiger charge is 2.34. The molecule has 0 unspecified atom stereocenters. The van der Waals surface area contributed by atoms with Crippen molar-refractivity contribution in [1.29, 1.82) is 0 Å². The Hall–Kier alpha value is -1.19. The minimum Gasteiger partial charge on any atom is -0.490 e. The molecule has 4 heteroatoms. The summed E-state index contributed by atoms with van der Waals surface area (Å²) in [6.07, 6.45) is -3.91. The van der Waals surface area contributed by atoms with Crippen LogP contribution in [0.2, 0.25) is 0 Å². The van der Waals surface area contributed by atoms with Gasteiger partial charge in [0.2, 0.25) is 0 Å². The molecule has 16 heavy (non-hydrogen) atoms. The monoisotopic (exact) mass is 232 g/mol. The number of benzene rings is 1. The van der Waals surface area contributed by atoms with Crippen molar-refractivity contribution in [1.82, 2.24) is 0 Å². The summed E-state index contributed by atoms with van der Waals surface area (Å²) in [5.74, 6) is -0.0903.